The van der Waals surface area contributed by atoms with Crippen molar-refractivity contribution < 1.29 is 9.59 Å². The fourth-order valence-corrected chi connectivity index (χ4v) is 6.52. The first-order valence-electron chi connectivity index (χ1n) is 9.65. The van der Waals surface area contributed by atoms with Crippen LogP contribution in [0.5, 0.6) is 0 Å². The van der Waals surface area contributed by atoms with Crippen molar-refractivity contribution in [2.45, 2.75) is 57.9 Å². The molecule has 5 rings (SSSR count). The number of hydrogen-bond acceptors (Lipinski definition) is 3. The maximum absolute atomic E-state index is 12.8. The molecule has 1 aromatic heterocycles. The Bertz CT molecular complexity index is 605. The lowest BCUT2D eigenvalue weighted by Gasteiger charge is -2.55. The molecular formula is C20H28N2O2S. The first-order chi connectivity index (χ1) is 12.0. The zero-order chi connectivity index (χ0) is 17.4. The maximum Gasteiger partial charge on any atom is 0.226 e. The van der Waals surface area contributed by atoms with Gasteiger partial charge in [0.25, 0.3) is 0 Å². The van der Waals surface area contributed by atoms with Crippen LogP contribution < -0.4 is 10.6 Å². The molecule has 0 aliphatic heterocycles. The Balaban J connectivity index is 1.25. The zero-order valence-electron chi connectivity index (χ0n) is 14.9. The van der Waals surface area contributed by atoms with Crippen LogP contribution in [0.1, 0.15) is 62.8 Å². The lowest BCUT2D eigenvalue weighted by Crippen LogP contribution is -2.53. The van der Waals surface area contributed by atoms with Gasteiger partial charge in [-0.3, -0.25) is 9.59 Å². The SMILES string of the molecule is C[C@H](NC(=O)CCNC(=O)C12CC3CC(CC(C3)C1)C2)c1cccs1. The van der Waals surface area contributed by atoms with Crippen LogP contribution in [0.4, 0.5) is 0 Å². The highest BCUT2D eigenvalue weighted by molar-refractivity contribution is 7.10. The van der Waals surface area contributed by atoms with Crippen LogP contribution in [0.25, 0.3) is 0 Å². The van der Waals surface area contributed by atoms with E-state index in [1.165, 1.54) is 19.3 Å². The third-order valence-electron chi connectivity index (χ3n) is 6.50. The Labute approximate surface area is 153 Å². The second-order valence-corrected chi connectivity index (χ2v) is 9.49. The van der Waals surface area contributed by atoms with Gasteiger partial charge < -0.3 is 10.6 Å². The van der Waals surface area contributed by atoms with E-state index in [1.807, 2.05) is 24.4 Å². The molecule has 25 heavy (non-hydrogen) atoms. The van der Waals surface area contributed by atoms with Crippen LogP contribution in [0.3, 0.4) is 0 Å². The monoisotopic (exact) mass is 360 g/mol. The van der Waals surface area contributed by atoms with Crippen LogP contribution in [0.2, 0.25) is 0 Å². The number of nitrogens with one attached hydrogen (secondary N) is 2. The third-order valence-corrected chi connectivity index (χ3v) is 7.56. The van der Waals surface area contributed by atoms with Crippen LogP contribution in [-0.4, -0.2) is 18.4 Å². The topological polar surface area (TPSA) is 58.2 Å². The molecule has 1 heterocycles. The van der Waals surface area contributed by atoms with Gasteiger partial charge in [-0.1, -0.05) is 6.07 Å². The van der Waals surface area contributed by atoms with Gasteiger partial charge in [0.1, 0.15) is 0 Å². The first kappa shape index (κ1) is 17.1. The van der Waals surface area contributed by atoms with E-state index in [0.29, 0.717) is 13.0 Å². The van der Waals surface area contributed by atoms with Crippen molar-refractivity contribution in [3.05, 3.63) is 22.4 Å². The molecule has 5 heteroatoms. The van der Waals surface area contributed by atoms with E-state index in [1.54, 1.807) is 11.3 Å². The van der Waals surface area contributed by atoms with Crippen molar-refractivity contribution in [3.8, 4) is 0 Å². The van der Waals surface area contributed by atoms with Gasteiger partial charge in [0.2, 0.25) is 11.8 Å². The molecule has 1 atom stereocenters. The Morgan fingerprint density at radius 2 is 1.84 bits per heavy atom. The number of amides is 2. The summed E-state index contributed by atoms with van der Waals surface area (Å²) in [6.07, 6.45) is 7.61. The molecule has 0 aromatic carbocycles. The summed E-state index contributed by atoms with van der Waals surface area (Å²) in [7, 11) is 0. The minimum absolute atomic E-state index is 0.00621. The largest absolute Gasteiger partial charge is 0.355 e. The molecule has 4 bridgehead atoms. The fraction of sp³-hybridized carbons (Fsp3) is 0.700. The van der Waals surface area contributed by atoms with E-state index in [0.717, 1.165) is 41.9 Å². The van der Waals surface area contributed by atoms with Crippen LogP contribution in [-0.2, 0) is 9.59 Å². The van der Waals surface area contributed by atoms with Crippen LogP contribution in [0.15, 0.2) is 17.5 Å². The summed E-state index contributed by atoms with van der Waals surface area (Å²) < 4.78 is 0. The number of hydrogen-bond donors (Lipinski definition) is 2. The van der Waals surface area contributed by atoms with Gasteiger partial charge in [-0.2, -0.15) is 0 Å². The van der Waals surface area contributed by atoms with Crippen LogP contribution >= 0.6 is 11.3 Å². The quantitative estimate of drug-likeness (QED) is 0.813. The summed E-state index contributed by atoms with van der Waals surface area (Å²) in [5.74, 6) is 2.53. The average Bonchev–Trinajstić information content (AvgIpc) is 3.08. The molecular weight excluding hydrogens is 332 g/mol. The number of carbonyl (C=O) groups excluding carboxylic acids is 2. The fourth-order valence-electron chi connectivity index (χ4n) is 5.79. The zero-order valence-corrected chi connectivity index (χ0v) is 15.7. The molecule has 2 amide bonds. The minimum atomic E-state index is -0.116. The normalized spacial score (nSPS) is 33.9. The summed E-state index contributed by atoms with van der Waals surface area (Å²) in [5.41, 5.74) is -0.116. The lowest BCUT2D eigenvalue weighted by molar-refractivity contribution is -0.146. The first-order valence-corrected chi connectivity index (χ1v) is 10.5. The van der Waals surface area contributed by atoms with Gasteiger partial charge in [-0.15, -0.1) is 11.3 Å². The number of thiophene rings is 1. The van der Waals surface area contributed by atoms with Gasteiger partial charge in [-0.05, 0) is 74.6 Å². The van der Waals surface area contributed by atoms with Crippen molar-refractivity contribution >= 4 is 23.2 Å². The van der Waals surface area contributed by atoms with E-state index in [9.17, 15) is 9.59 Å². The molecule has 0 radical (unpaired) electrons. The van der Waals surface area contributed by atoms with Gasteiger partial charge in [0, 0.05) is 23.3 Å². The molecule has 4 aliphatic carbocycles. The van der Waals surface area contributed by atoms with E-state index in [4.69, 9.17) is 0 Å². The highest BCUT2D eigenvalue weighted by Crippen LogP contribution is 2.60. The highest BCUT2D eigenvalue weighted by Gasteiger charge is 2.54. The van der Waals surface area contributed by atoms with Crippen molar-refractivity contribution in [2.24, 2.45) is 23.2 Å². The molecule has 136 valence electrons. The molecule has 4 saturated carbocycles. The van der Waals surface area contributed by atoms with Crippen molar-refractivity contribution in [3.63, 3.8) is 0 Å². The summed E-state index contributed by atoms with van der Waals surface area (Å²) in [4.78, 5) is 26.1. The van der Waals surface area contributed by atoms with Gasteiger partial charge >= 0.3 is 0 Å². The Hall–Kier alpha value is -1.36. The molecule has 4 nitrogen and oxygen atoms in total. The molecule has 0 unspecified atom stereocenters. The van der Waals surface area contributed by atoms with Crippen LogP contribution in [0, 0.1) is 23.2 Å². The third kappa shape index (κ3) is 3.48. The summed E-state index contributed by atoms with van der Waals surface area (Å²) in [6, 6.07) is 4.06. The van der Waals surface area contributed by atoms with Crippen molar-refractivity contribution in [1.29, 1.82) is 0 Å². The molecule has 4 aliphatic rings. The minimum Gasteiger partial charge on any atom is -0.355 e. The Morgan fingerprint density at radius 1 is 1.20 bits per heavy atom. The lowest BCUT2D eigenvalue weighted by atomic mass is 9.49. The Kier molecular flexibility index (Phi) is 4.61. The molecule has 0 saturated heterocycles. The predicted molar refractivity (Wildman–Crippen MR) is 99.1 cm³/mol. The number of rotatable bonds is 6. The van der Waals surface area contributed by atoms with E-state index in [2.05, 4.69) is 10.6 Å². The van der Waals surface area contributed by atoms with Crippen molar-refractivity contribution in [2.75, 3.05) is 6.54 Å². The van der Waals surface area contributed by atoms with E-state index in [-0.39, 0.29) is 23.3 Å². The maximum atomic E-state index is 12.8. The predicted octanol–water partition coefficient (Wildman–Crippen LogP) is 3.65. The van der Waals surface area contributed by atoms with Gasteiger partial charge in [0.15, 0.2) is 0 Å². The second kappa shape index (κ2) is 6.75. The summed E-state index contributed by atoms with van der Waals surface area (Å²) in [5, 5.41) is 8.11. The van der Waals surface area contributed by atoms with Gasteiger partial charge in [0.05, 0.1) is 6.04 Å². The molecule has 0 spiro atoms. The van der Waals surface area contributed by atoms with Gasteiger partial charge in [-0.25, -0.2) is 0 Å². The second-order valence-electron chi connectivity index (χ2n) is 8.51. The number of carbonyl (C=O) groups is 2. The summed E-state index contributed by atoms with van der Waals surface area (Å²) in [6.45, 7) is 2.45. The molecule has 2 N–H and O–H groups in total. The van der Waals surface area contributed by atoms with E-state index < -0.39 is 0 Å². The molecule has 4 fully saturated rings. The Morgan fingerprint density at radius 3 is 2.40 bits per heavy atom. The van der Waals surface area contributed by atoms with E-state index >= 15 is 0 Å². The standard InChI is InChI=1S/C20H28N2O2S/c1-13(17-3-2-6-25-17)22-18(23)4-5-21-19(24)20-10-14-7-15(11-20)9-16(8-14)12-20/h2-3,6,13-16H,4-5,7-12H2,1H3,(H,21,24)(H,22,23)/t13-,14?,15?,16?,20?/m0/s1. The molecule has 1 aromatic rings. The highest BCUT2D eigenvalue weighted by atomic mass is 32.1. The average molecular weight is 361 g/mol. The van der Waals surface area contributed by atoms with Crippen molar-refractivity contribution in [1.82, 2.24) is 10.6 Å². The summed E-state index contributed by atoms with van der Waals surface area (Å²) >= 11 is 1.65. The smallest absolute Gasteiger partial charge is 0.226 e.